The second-order valence-corrected chi connectivity index (χ2v) is 3.85. The Balaban J connectivity index is 2.25. The minimum atomic E-state index is 0.295. The van der Waals surface area contributed by atoms with E-state index in [0.29, 0.717) is 12.3 Å². The van der Waals surface area contributed by atoms with E-state index >= 15 is 0 Å². The second-order valence-electron chi connectivity index (χ2n) is 3.85. The standard InChI is InChI=1S/C11H20N2O/c1-10-5-8-13(9-6-10)11(14)4-3-7-12-2/h5,12H,3-4,6-9H2,1-2H3. The molecular weight excluding hydrogens is 176 g/mol. The summed E-state index contributed by atoms with van der Waals surface area (Å²) < 4.78 is 0. The van der Waals surface area contributed by atoms with Crippen LogP contribution in [0.25, 0.3) is 0 Å². The highest BCUT2D eigenvalue weighted by atomic mass is 16.2. The molecule has 1 aliphatic heterocycles. The third-order valence-corrected chi connectivity index (χ3v) is 2.61. The van der Waals surface area contributed by atoms with Crippen molar-refractivity contribution >= 4 is 5.91 Å². The van der Waals surface area contributed by atoms with Crippen LogP contribution in [0, 0.1) is 0 Å². The maximum Gasteiger partial charge on any atom is 0.222 e. The first-order valence-corrected chi connectivity index (χ1v) is 5.32. The Kier molecular flexibility index (Phi) is 4.66. The highest BCUT2D eigenvalue weighted by Gasteiger charge is 2.14. The summed E-state index contributed by atoms with van der Waals surface area (Å²) in [7, 11) is 1.91. The zero-order valence-electron chi connectivity index (χ0n) is 9.18. The average Bonchev–Trinajstić information content (AvgIpc) is 2.19. The largest absolute Gasteiger partial charge is 0.339 e. The SMILES string of the molecule is CNCCCC(=O)N1CC=C(C)CC1. The molecule has 1 aliphatic rings. The van der Waals surface area contributed by atoms with Crippen LogP contribution in [-0.2, 0) is 4.79 Å². The first kappa shape index (κ1) is 11.2. The number of carbonyl (C=O) groups excluding carboxylic acids is 1. The lowest BCUT2D eigenvalue weighted by Gasteiger charge is -2.25. The van der Waals surface area contributed by atoms with Crippen molar-refractivity contribution in [2.45, 2.75) is 26.2 Å². The van der Waals surface area contributed by atoms with Gasteiger partial charge in [-0.2, -0.15) is 0 Å². The summed E-state index contributed by atoms with van der Waals surface area (Å²) in [4.78, 5) is 13.6. The van der Waals surface area contributed by atoms with Crippen molar-refractivity contribution < 1.29 is 4.79 Å². The van der Waals surface area contributed by atoms with Gasteiger partial charge in [-0.3, -0.25) is 4.79 Å². The highest BCUT2D eigenvalue weighted by Crippen LogP contribution is 2.10. The highest BCUT2D eigenvalue weighted by molar-refractivity contribution is 5.76. The molecule has 3 heteroatoms. The van der Waals surface area contributed by atoms with Crippen LogP contribution in [0.4, 0.5) is 0 Å². The molecule has 1 amide bonds. The number of hydrogen-bond donors (Lipinski definition) is 1. The average molecular weight is 196 g/mol. The van der Waals surface area contributed by atoms with Crippen LogP contribution in [0.2, 0.25) is 0 Å². The zero-order chi connectivity index (χ0) is 10.4. The van der Waals surface area contributed by atoms with Gasteiger partial charge in [0.2, 0.25) is 5.91 Å². The molecule has 0 aliphatic carbocycles. The summed E-state index contributed by atoms with van der Waals surface area (Å²) in [6, 6.07) is 0. The minimum absolute atomic E-state index is 0.295. The van der Waals surface area contributed by atoms with Gasteiger partial charge in [0.15, 0.2) is 0 Å². The molecule has 1 rings (SSSR count). The van der Waals surface area contributed by atoms with E-state index < -0.39 is 0 Å². The number of nitrogens with zero attached hydrogens (tertiary/aromatic N) is 1. The van der Waals surface area contributed by atoms with E-state index in [1.165, 1.54) is 5.57 Å². The summed E-state index contributed by atoms with van der Waals surface area (Å²) in [5, 5.41) is 3.05. The Morgan fingerprint density at radius 2 is 2.43 bits per heavy atom. The molecule has 0 aromatic carbocycles. The topological polar surface area (TPSA) is 32.3 Å². The monoisotopic (exact) mass is 196 g/mol. The number of rotatable bonds is 4. The van der Waals surface area contributed by atoms with Gasteiger partial charge in [0.1, 0.15) is 0 Å². The van der Waals surface area contributed by atoms with E-state index in [-0.39, 0.29) is 0 Å². The third-order valence-electron chi connectivity index (χ3n) is 2.61. The van der Waals surface area contributed by atoms with Gasteiger partial charge in [0.25, 0.3) is 0 Å². The Labute approximate surface area is 86.2 Å². The lowest BCUT2D eigenvalue weighted by atomic mass is 10.1. The number of hydrogen-bond acceptors (Lipinski definition) is 2. The third kappa shape index (κ3) is 3.50. The fraction of sp³-hybridized carbons (Fsp3) is 0.727. The molecule has 0 aromatic heterocycles. The summed E-state index contributed by atoms with van der Waals surface area (Å²) in [5.74, 6) is 0.295. The molecule has 1 heterocycles. The maximum atomic E-state index is 11.6. The fourth-order valence-corrected chi connectivity index (χ4v) is 1.57. The van der Waals surface area contributed by atoms with Crippen LogP contribution in [-0.4, -0.2) is 37.5 Å². The van der Waals surface area contributed by atoms with Gasteiger partial charge in [-0.25, -0.2) is 0 Å². The molecule has 0 bridgehead atoms. The van der Waals surface area contributed by atoms with Crippen molar-refractivity contribution in [1.29, 1.82) is 0 Å². The number of amides is 1. The predicted octanol–water partition coefficient (Wildman–Crippen LogP) is 1.16. The lowest BCUT2D eigenvalue weighted by Crippen LogP contribution is -2.34. The van der Waals surface area contributed by atoms with Crippen LogP contribution in [0.3, 0.4) is 0 Å². The summed E-state index contributed by atoms with van der Waals surface area (Å²) in [5.41, 5.74) is 1.41. The van der Waals surface area contributed by atoms with E-state index in [2.05, 4.69) is 18.3 Å². The molecule has 0 saturated heterocycles. The molecule has 0 radical (unpaired) electrons. The van der Waals surface area contributed by atoms with E-state index in [1.54, 1.807) is 0 Å². The van der Waals surface area contributed by atoms with Gasteiger partial charge >= 0.3 is 0 Å². The summed E-state index contributed by atoms with van der Waals surface area (Å²) >= 11 is 0. The van der Waals surface area contributed by atoms with Gasteiger partial charge in [0, 0.05) is 19.5 Å². The van der Waals surface area contributed by atoms with Crippen molar-refractivity contribution in [3.8, 4) is 0 Å². The molecule has 0 fully saturated rings. The molecule has 0 atom stereocenters. The van der Waals surface area contributed by atoms with Gasteiger partial charge < -0.3 is 10.2 Å². The fourth-order valence-electron chi connectivity index (χ4n) is 1.57. The molecule has 14 heavy (non-hydrogen) atoms. The van der Waals surface area contributed by atoms with Crippen molar-refractivity contribution in [2.75, 3.05) is 26.7 Å². The Bertz CT molecular complexity index is 223. The first-order valence-electron chi connectivity index (χ1n) is 5.32. The van der Waals surface area contributed by atoms with E-state index in [4.69, 9.17) is 0 Å². The van der Waals surface area contributed by atoms with Crippen molar-refractivity contribution in [3.05, 3.63) is 11.6 Å². The maximum absolute atomic E-state index is 11.6. The number of carbonyl (C=O) groups is 1. The van der Waals surface area contributed by atoms with Gasteiger partial charge in [0.05, 0.1) is 0 Å². The van der Waals surface area contributed by atoms with Crippen molar-refractivity contribution in [3.63, 3.8) is 0 Å². The van der Waals surface area contributed by atoms with Gasteiger partial charge in [-0.05, 0) is 33.4 Å². The summed E-state index contributed by atoms with van der Waals surface area (Å²) in [6.07, 6.45) is 4.81. The molecule has 1 N–H and O–H groups in total. The molecule has 0 aromatic rings. The molecule has 80 valence electrons. The molecule has 3 nitrogen and oxygen atoms in total. The van der Waals surface area contributed by atoms with Crippen LogP contribution in [0.15, 0.2) is 11.6 Å². The Morgan fingerprint density at radius 1 is 1.64 bits per heavy atom. The normalized spacial score (nSPS) is 16.7. The molecular formula is C11H20N2O. The van der Waals surface area contributed by atoms with Crippen LogP contribution >= 0.6 is 0 Å². The van der Waals surface area contributed by atoms with E-state index in [1.807, 2.05) is 11.9 Å². The molecule has 0 unspecified atom stereocenters. The van der Waals surface area contributed by atoms with Crippen LogP contribution < -0.4 is 5.32 Å². The second kappa shape index (κ2) is 5.81. The minimum Gasteiger partial charge on any atom is -0.339 e. The van der Waals surface area contributed by atoms with Crippen LogP contribution in [0.5, 0.6) is 0 Å². The van der Waals surface area contributed by atoms with Crippen molar-refractivity contribution in [1.82, 2.24) is 10.2 Å². The lowest BCUT2D eigenvalue weighted by molar-refractivity contribution is -0.130. The van der Waals surface area contributed by atoms with E-state index in [0.717, 1.165) is 32.5 Å². The molecule has 0 saturated carbocycles. The summed E-state index contributed by atoms with van der Waals surface area (Å²) in [6.45, 7) is 4.77. The predicted molar refractivity (Wildman–Crippen MR) is 58.1 cm³/mol. The van der Waals surface area contributed by atoms with Gasteiger partial charge in [-0.15, -0.1) is 0 Å². The van der Waals surface area contributed by atoms with Crippen LogP contribution in [0.1, 0.15) is 26.2 Å². The first-order chi connectivity index (χ1) is 6.74. The molecule has 0 spiro atoms. The van der Waals surface area contributed by atoms with E-state index in [9.17, 15) is 4.79 Å². The smallest absolute Gasteiger partial charge is 0.222 e. The number of nitrogens with one attached hydrogen (secondary N) is 1. The van der Waals surface area contributed by atoms with Gasteiger partial charge in [-0.1, -0.05) is 11.6 Å². The Hall–Kier alpha value is -0.830. The van der Waals surface area contributed by atoms with Crippen molar-refractivity contribution in [2.24, 2.45) is 0 Å². The quantitative estimate of drug-likeness (QED) is 0.540. The Morgan fingerprint density at radius 3 is 3.00 bits per heavy atom. The zero-order valence-corrected chi connectivity index (χ0v) is 9.18.